The van der Waals surface area contributed by atoms with E-state index in [-0.39, 0.29) is 5.56 Å². The van der Waals surface area contributed by atoms with E-state index in [1.54, 1.807) is 24.3 Å². The van der Waals surface area contributed by atoms with Crippen molar-refractivity contribution < 1.29 is 9.90 Å². The molecule has 18 heavy (non-hydrogen) atoms. The molecule has 0 radical (unpaired) electrons. The predicted octanol–water partition coefficient (Wildman–Crippen LogP) is 5.01. The zero-order valence-electron chi connectivity index (χ0n) is 8.95. The molecular formula is C13H7Cl3O2. The van der Waals surface area contributed by atoms with Gasteiger partial charge in [0.25, 0.3) is 0 Å². The van der Waals surface area contributed by atoms with Crippen LogP contribution in [0, 0.1) is 0 Å². The summed E-state index contributed by atoms with van der Waals surface area (Å²) in [4.78, 5) is 10.8. The summed E-state index contributed by atoms with van der Waals surface area (Å²) in [7, 11) is 0. The first-order chi connectivity index (χ1) is 8.49. The van der Waals surface area contributed by atoms with Crippen LogP contribution in [0.5, 0.6) is 0 Å². The van der Waals surface area contributed by atoms with Crippen LogP contribution >= 0.6 is 34.8 Å². The van der Waals surface area contributed by atoms with Gasteiger partial charge in [0.05, 0.1) is 5.56 Å². The van der Waals surface area contributed by atoms with E-state index in [4.69, 9.17) is 39.9 Å². The first kappa shape index (κ1) is 13.2. The molecule has 0 aromatic heterocycles. The van der Waals surface area contributed by atoms with Gasteiger partial charge in [0, 0.05) is 26.2 Å². The SMILES string of the molecule is O=C(O)c1ccc(-c2cc(Cl)ccc2Cl)c(Cl)c1. The van der Waals surface area contributed by atoms with Crippen molar-refractivity contribution in [3.05, 3.63) is 57.0 Å². The zero-order chi connectivity index (χ0) is 13.3. The molecule has 0 atom stereocenters. The second kappa shape index (κ2) is 5.19. The highest BCUT2D eigenvalue weighted by Gasteiger charge is 2.11. The summed E-state index contributed by atoms with van der Waals surface area (Å²) in [6, 6.07) is 9.50. The van der Waals surface area contributed by atoms with E-state index in [1.807, 2.05) is 0 Å². The summed E-state index contributed by atoms with van der Waals surface area (Å²) in [5.74, 6) is -1.03. The number of rotatable bonds is 2. The average Bonchev–Trinajstić information content (AvgIpc) is 2.32. The minimum absolute atomic E-state index is 0.127. The molecule has 0 saturated heterocycles. The highest BCUT2D eigenvalue weighted by Crippen LogP contribution is 2.35. The summed E-state index contributed by atoms with van der Waals surface area (Å²) in [6.45, 7) is 0. The molecule has 0 bridgehead atoms. The van der Waals surface area contributed by atoms with Crippen molar-refractivity contribution in [2.24, 2.45) is 0 Å². The Morgan fingerprint density at radius 1 is 0.889 bits per heavy atom. The average molecular weight is 302 g/mol. The van der Waals surface area contributed by atoms with Gasteiger partial charge in [-0.15, -0.1) is 0 Å². The third-order valence-corrected chi connectivity index (χ3v) is 3.31. The van der Waals surface area contributed by atoms with Gasteiger partial charge in [-0.1, -0.05) is 40.9 Å². The minimum Gasteiger partial charge on any atom is -0.478 e. The Bertz CT molecular complexity index is 624. The molecule has 0 aliphatic carbocycles. The van der Waals surface area contributed by atoms with Crippen molar-refractivity contribution in [2.45, 2.75) is 0 Å². The number of aromatic carboxylic acids is 1. The van der Waals surface area contributed by atoms with Gasteiger partial charge in [-0.05, 0) is 30.3 Å². The molecule has 1 N–H and O–H groups in total. The molecule has 0 unspecified atom stereocenters. The molecular weight excluding hydrogens is 294 g/mol. The maximum absolute atomic E-state index is 10.8. The van der Waals surface area contributed by atoms with Crippen molar-refractivity contribution in [1.29, 1.82) is 0 Å². The maximum atomic E-state index is 10.8. The lowest BCUT2D eigenvalue weighted by atomic mass is 10.0. The van der Waals surface area contributed by atoms with E-state index in [0.29, 0.717) is 26.2 Å². The van der Waals surface area contributed by atoms with Crippen LogP contribution < -0.4 is 0 Å². The number of benzene rings is 2. The van der Waals surface area contributed by atoms with Gasteiger partial charge in [-0.25, -0.2) is 4.79 Å². The van der Waals surface area contributed by atoms with E-state index >= 15 is 0 Å². The Balaban J connectivity index is 2.58. The number of halogens is 3. The third kappa shape index (κ3) is 2.61. The van der Waals surface area contributed by atoms with Crippen LogP contribution in [0.4, 0.5) is 0 Å². The maximum Gasteiger partial charge on any atom is 0.335 e. The lowest BCUT2D eigenvalue weighted by molar-refractivity contribution is 0.0697. The van der Waals surface area contributed by atoms with Gasteiger partial charge in [0.2, 0.25) is 0 Å². The van der Waals surface area contributed by atoms with Crippen LogP contribution in [0.2, 0.25) is 15.1 Å². The number of hydrogen-bond acceptors (Lipinski definition) is 1. The highest BCUT2D eigenvalue weighted by atomic mass is 35.5. The van der Waals surface area contributed by atoms with E-state index in [9.17, 15) is 4.79 Å². The fourth-order valence-corrected chi connectivity index (χ4v) is 2.24. The van der Waals surface area contributed by atoms with E-state index in [0.717, 1.165) is 0 Å². The first-order valence-electron chi connectivity index (χ1n) is 4.97. The summed E-state index contributed by atoms with van der Waals surface area (Å²) >= 11 is 18.0. The van der Waals surface area contributed by atoms with Crippen molar-refractivity contribution in [2.75, 3.05) is 0 Å². The molecule has 0 heterocycles. The lowest BCUT2D eigenvalue weighted by Gasteiger charge is -2.08. The molecule has 2 nitrogen and oxygen atoms in total. The summed E-state index contributed by atoms with van der Waals surface area (Å²) in [6.07, 6.45) is 0. The summed E-state index contributed by atoms with van der Waals surface area (Å²) in [5.41, 5.74) is 1.45. The molecule has 2 aromatic carbocycles. The minimum atomic E-state index is -1.03. The van der Waals surface area contributed by atoms with Crippen molar-refractivity contribution >= 4 is 40.8 Å². The zero-order valence-corrected chi connectivity index (χ0v) is 11.2. The molecule has 0 fully saturated rings. The predicted molar refractivity (Wildman–Crippen MR) is 73.9 cm³/mol. The Morgan fingerprint density at radius 2 is 1.61 bits per heavy atom. The van der Waals surface area contributed by atoms with E-state index < -0.39 is 5.97 Å². The number of carboxylic acid groups (broad SMARTS) is 1. The number of carboxylic acids is 1. The highest BCUT2D eigenvalue weighted by molar-refractivity contribution is 6.37. The van der Waals surface area contributed by atoms with Crippen LogP contribution in [0.15, 0.2) is 36.4 Å². The van der Waals surface area contributed by atoms with Gasteiger partial charge in [0.1, 0.15) is 0 Å². The van der Waals surface area contributed by atoms with Crippen LogP contribution in [0.3, 0.4) is 0 Å². The number of carbonyl (C=O) groups is 1. The quantitative estimate of drug-likeness (QED) is 0.846. The van der Waals surface area contributed by atoms with Crippen molar-refractivity contribution in [3.63, 3.8) is 0 Å². The Labute approximate surface area is 119 Å². The smallest absolute Gasteiger partial charge is 0.335 e. The first-order valence-corrected chi connectivity index (χ1v) is 6.10. The number of hydrogen-bond donors (Lipinski definition) is 1. The Hall–Kier alpha value is -1.22. The van der Waals surface area contributed by atoms with Gasteiger partial charge < -0.3 is 5.11 Å². The van der Waals surface area contributed by atoms with E-state index in [2.05, 4.69) is 0 Å². The molecule has 92 valence electrons. The Kier molecular flexibility index (Phi) is 3.81. The molecule has 0 aliphatic rings. The molecule has 2 rings (SSSR count). The molecule has 0 spiro atoms. The standard InChI is InChI=1S/C13H7Cl3O2/c14-8-2-4-11(15)10(6-8)9-3-1-7(13(17)18)5-12(9)16/h1-6H,(H,17,18). The second-order valence-corrected chi connectivity index (χ2v) is 4.87. The molecule has 0 amide bonds. The van der Waals surface area contributed by atoms with Crippen molar-refractivity contribution in [1.82, 2.24) is 0 Å². The molecule has 2 aromatic rings. The third-order valence-electron chi connectivity index (χ3n) is 2.43. The summed E-state index contributed by atoms with van der Waals surface area (Å²) < 4.78 is 0. The van der Waals surface area contributed by atoms with Gasteiger partial charge in [-0.2, -0.15) is 0 Å². The fourth-order valence-electron chi connectivity index (χ4n) is 1.57. The second-order valence-electron chi connectivity index (χ2n) is 3.62. The topological polar surface area (TPSA) is 37.3 Å². The molecule has 0 aliphatic heterocycles. The van der Waals surface area contributed by atoms with Gasteiger partial charge in [0.15, 0.2) is 0 Å². The monoisotopic (exact) mass is 300 g/mol. The van der Waals surface area contributed by atoms with Crippen molar-refractivity contribution in [3.8, 4) is 11.1 Å². The molecule has 5 heteroatoms. The van der Waals surface area contributed by atoms with Crippen LogP contribution in [0.1, 0.15) is 10.4 Å². The fraction of sp³-hybridized carbons (Fsp3) is 0. The van der Waals surface area contributed by atoms with Gasteiger partial charge in [-0.3, -0.25) is 0 Å². The van der Waals surface area contributed by atoms with Crippen LogP contribution in [0.25, 0.3) is 11.1 Å². The van der Waals surface area contributed by atoms with Crippen LogP contribution in [-0.4, -0.2) is 11.1 Å². The largest absolute Gasteiger partial charge is 0.478 e. The van der Waals surface area contributed by atoms with E-state index in [1.165, 1.54) is 12.1 Å². The lowest BCUT2D eigenvalue weighted by Crippen LogP contribution is -1.96. The normalized spacial score (nSPS) is 10.4. The Morgan fingerprint density at radius 3 is 2.22 bits per heavy atom. The summed E-state index contributed by atoms with van der Waals surface area (Å²) in [5, 5.41) is 10.2. The van der Waals surface area contributed by atoms with Crippen LogP contribution in [-0.2, 0) is 0 Å². The molecule has 0 saturated carbocycles. The van der Waals surface area contributed by atoms with Gasteiger partial charge >= 0.3 is 5.97 Å².